The zero-order valence-electron chi connectivity index (χ0n) is 15.0. The molecular weight excluding hydrogens is 381 g/mol. The number of fused-ring (bicyclic) bond motifs is 1. The molecule has 0 aliphatic carbocycles. The molecule has 4 nitrogen and oxygen atoms in total. The van der Waals surface area contributed by atoms with Gasteiger partial charge >= 0.3 is 0 Å². The molecule has 1 atom stereocenters. The maximum atomic E-state index is 13.2. The lowest BCUT2D eigenvalue weighted by atomic mass is 10.0. The van der Waals surface area contributed by atoms with Crippen LogP contribution in [0.2, 0.25) is 0 Å². The van der Waals surface area contributed by atoms with Gasteiger partial charge in [0, 0.05) is 17.5 Å². The number of carbonyl (C=O) groups excluding carboxylic acids is 1. The highest BCUT2D eigenvalue weighted by Crippen LogP contribution is 2.37. The van der Waals surface area contributed by atoms with E-state index in [2.05, 4.69) is 16.9 Å². The van der Waals surface area contributed by atoms with Gasteiger partial charge in [0.2, 0.25) is 5.91 Å². The Morgan fingerprint density at radius 3 is 2.89 bits per heavy atom. The van der Waals surface area contributed by atoms with Crippen molar-refractivity contribution < 1.29 is 9.18 Å². The van der Waals surface area contributed by atoms with Gasteiger partial charge in [-0.25, -0.2) is 14.4 Å². The van der Waals surface area contributed by atoms with E-state index in [-0.39, 0.29) is 11.7 Å². The highest BCUT2D eigenvalue weighted by Gasteiger charge is 2.23. The Kier molecular flexibility index (Phi) is 5.41. The largest absolute Gasteiger partial charge is 0.339 e. The molecule has 1 aliphatic rings. The number of amides is 1. The zero-order chi connectivity index (χ0) is 18.8. The van der Waals surface area contributed by atoms with Crippen LogP contribution in [0.1, 0.15) is 26.2 Å². The third-order valence-electron chi connectivity index (χ3n) is 4.86. The number of likely N-dealkylation sites (tertiary alicyclic amines) is 1. The van der Waals surface area contributed by atoms with E-state index in [1.54, 1.807) is 29.8 Å². The minimum Gasteiger partial charge on any atom is -0.339 e. The van der Waals surface area contributed by atoms with Crippen LogP contribution in [0.25, 0.3) is 20.7 Å². The average molecular weight is 402 g/mol. The molecule has 3 aromatic rings. The first-order chi connectivity index (χ1) is 13.1. The van der Waals surface area contributed by atoms with Gasteiger partial charge in [-0.3, -0.25) is 4.79 Å². The molecule has 140 valence electrons. The molecule has 1 amide bonds. The van der Waals surface area contributed by atoms with Crippen LogP contribution in [0, 0.1) is 5.82 Å². The standard InChI is InChI=1S/C20H20FN3OS2/c1-13-4-2-3-9-24(13)18(25)11-26-20-19-16(22-12-23-20)10-17(27-19)14-5-7-15(21)8-6-14/h5-8,10,12-13H,2-4,9,11H2,1H3/t13-/m1/s1. The summed E-state index contributed by atoms with van der Waals surface area (Å²) >= 11 is 3.05. The number of rotatable bonds is 4. The van der Waals surface area contributed by atoms with Crippen LogP contribution in [0.3, 0.4) is 0 Å². The predicted molar refractivity (Wildman–Crippen MR) is 109 cm³/mol. The number of thioether (sulfide) groups is 1. The topological polar surface area (TPSA) is 46.1 Å². The van der Waals surface area contributed by atoms with Gasteiger partial charge in [-0.05, 0) is 49.9 Å². The number of piperidine rings is 1. The molecule has 3 heterocycles. The number of hydrogen-bond acceptors (Lipinski definition) is 5. The number of aromatic nitrogens is 2. The summed E-state index contributed by atoms with van der Waals surface area (Å²) in [6, 6.07) is 8.76. The number of halogens is 1. The lowest BCUT2D eigenvalue weighted by Crippen LogP contribution is -2.42. The summed E-state index contributed by atoms with van der Waals surface area (Å²) in [5, 5.41) is 0.830. The second kappa shape index (κ2) is 7.94. The van der Waals surface area contributed by atoms with E-state index in [9.17, 15) is 9.18 Å². The molecule has 0 saturated carbocycles. The molecule has 1 saturated heterocycles. The summed E-state index contributed by atoms with van der Waals surface area (Å²) in [7, 11) is 0. The second-order valence-electron chi connectivity index (χ2n) is 6.73. The van der Waals surface area contributed by atoms with Crippen molar-refractivity contribution in [1.82, 2.24) is 14.9 Å². The molecule has 0 spiro atoms. The van der Waals surface area contributed by atoms with Gasteiger partial charge in [-0.2, -0.15) is 0 Å². The highest BCUT2D eigenvalue weighted by molar-refractivity contribution is 8.00. The van der Waals surface area contributed by atoms with Crippen molar-refractivity contribution in [3.63, 3.8) is 0 Å². The molecule has 1 fully saturated rings. The molecule has 0 radical (unpaired) electrons. The van der Waals surface area contributed by atoms with Gasteiger partial charge in [0.25, 0.3) is 0 Å². The zero-order valence-corrected chi connectivity index (χ0v) is 16.7. The summed E-state index contributed by atoms with van der Waals surface area (Å²) in [5.74, 6) is 0.316. The molecule has 4 rings (SSSR count). The Bertz CT molecular complexity index is 958. The highest BCUT2D eigenvalue weighted by atomic mass is 32.2. The number of benzene rings is 1. The third-order valence-corrected chi connectivity index (χ3v) is 7.15. The van der Waals surface area contributed by atoms with Gasteiger partial charge < -0.3 is 4.90 Å². The first-order valence-corrected chi connectivity index (χ1v) is 10.8. The molecular formula is C20H20FN3OS2. The Hall–Kier alpha value is -1.99. The van der Waals surface area contributed by atoms with Crippen LogP contribution in [0.4, 0.5) is 4.39 Å². The van der Waals surface area contributed by atoms with Crippen molar-refractivity contribution >= 4 is 39.2 Å². The maximum Gasteiger partial charge on any atom is 0.233 e. The van der Waals surface area contributed by atoms with E-state index >= 15 is 0 Å². The van der Waals surface area contributed by atoms with Crippen molar-refractivity contribution in [3.05, 3.63) is 42.5 Å². The number of nitrogens with zero attached hydrogens (tertiary/aromatic N) is 3. The van der Waals surface area contributed by atoms with Crippen LogP contribution in [-0.4, -0.2) is 39.1 Å². The summed E-state index contributed by atoms with van der Waals surface area (Å²) in [4.78, 5) is 24.4. The molecule has 1 aliphatic heterocycles. The minimum absolute atomic E-state index is 0.175. The SMILES string of the molecule is C[C@@H]1CCCCN1C(=O)CSc1ncnc2cc(-c3ccc(F)cc3)sc12. The van der Waals surface area contributed by atoms with E-state index in [4.69, 9.17) is 0 Å². The van der Waals surface area contributed by atoms with Crippen molar-refractivity contribution in [3.8, 4) is 10.4 Å². The first-order valence-electron chi connectivity index (χ1n) is 9.04. The van der Waals surface area contributed by atoms with E-state index in [1.165, 1.54) is 30.3 Å². The van der Waals surface area contributed by atoms with E-state index in [0.717, 1.165) is 45.1 Å². The minimum atomic E-state index is -0.249. The quantitative estimate of drug-likeness (QED) is 0.456. The van der Waals surface area contributed by atoms with Gasteiger partial charge in [-0.15, -0.1) is 11.3 Å². The van der Waals surface area contributed by atoms with E-state index in [0.29, 0.717) is 11.8 Å². The lowest BCUT2D eigenvalue weighted by molar-refractivity contribution is -0.131. The van der Waals surface area contributed by atoms with E-state index in [1.807, 2.05) is 11.0 Å². The molecule has 27 heavy (non-hydrogen) atoms. The van der Waals surface area contributed by atoms with Gasteiger partial charge in [-0.1, -0.05) is 23.9 Å². The Balaban J connectivity index is 1.53. The fourth-order valence-electron chi connectivity index (χ4n) is 3.37. The first kappa shape index (κ1) is 18.4. The number of carbonyl (C=O) groups is 1. The van der Waals surface area contributed by atoms with Crippen LogP contribution in [0.5, 0.6) is 0 Å². The summed E-state index contributed by atoms with van der Waals surface area (Å²) in [6.45, 7) is 2.98. The van der Waals surface area contributed by atoms with Gasteiger partial charge in [0.15, 0.2) is 0 Å². The smallest absolute Gasteiger partial charge is 0.233 e. The number of thiophene rings is 1. The number of hydrogen-bond donors (Lipinski definition) is 0. The molecule has 1 aromatic carbocycles. The van der Waals surface area contributed by atoms with Crippen LogP contribution in [0.15, 0.2) is 41.7 Å². The van der Waals surface area contributed by atoms with Crippen molar-refractivity contribution in [2.45, 2.75) is 37.3 Å². The lowest BCUT2D eigenvalue weighted by Gasteiger charge is -2.33. The monoisotopic (exact) mass is 401 g/mol. The van der Waals surface area contributed by atoms with Crippen LogP contribution < -0.4 is 0 Å². The molecule has 0 N–H and O–H groups in total. The Morgan fingerprint density at radius 2 is 2.11 bits per heavy atom. The van der Waals surface area contributed by atoms with Crippen LogP contribution >= 0.6 is 23.1 Å². The molecule has 0 unspecified atom stereocenters. The Morgan fingerprint density at radius 1 is 1.30 bits per heavy atom. The summed E-state index contributed by atoms with van der Waals surface area (Å²) < 4.78 is 14.1. The second-order valence-corrected chi connectivity index (χ2v) is 8.75. The van der Waals surface area contributed by atoms with Crippen LogP contribution in [-0.2, 0) is 4.79 Å². The summed E-state index contributed by atoms with van der Waals surface area (Å²) in [6.07, 6.45) is 4.91. The van der Waals surface area contributed by atoms with Crippen molar-refractivity contribution in [2.75, 3.05) is 12.3 Å². The summed E-state index contributed by atoms with van der Waals surface area (Å²) in [5.41, 5.74) is 1.81. The predicted octanol–water partition coefficient (Wildman–Crippen LogP) is 4.99. The normalized spacial score (nSPS) is 17.4. The third kappa shape index (κ3) is 3.99. The Labute approximate surface area is 165 Å². The fraction of sp³-hybridized carbons (Fsp3) is 0.350. The molecule has 2 aromatic heterocycles. The van der Waals surface area contributed by atoms with E-state index < -0.39 is 0 Å². The van der Waals surface area contributed by atoms with Gasteiger partial charge in [0.1, 0.15) is 17.2 Å². The fourth-order valence-corrected chi connectivity index (χ4v) is 5.46. The molecule has 7 heteroatoms. The maximum absolute atomic E-state index is 13.2. The molecule has 0 bridgehead atoms. The van der Waals surface area contributed by atoms with Crippen molar-refractivity contribution in [2.24, 2.45) is 0 Å². The average Bonchev–Trinajstić information content (AvgIpc) is 3.12. The van der Waals surface area contributed by atoms with Gasteiger partial charge in [0.05, 0.1) is 16.0 Å². The van der Waals surface area contributed by atoms with Crippen molar-refractivity contribution in [1.29, 1.82) is 0 Å².